The number of hydrogen-bond acceptors (Lipinski definition) is 6. The van der Waals surface area contributed by atoms with E-state index in [0.717, 1.165) is 12.8 Å². The molecule has 0 radical (unpaired) electrons. The number of hydrogen-bond donors (Lipinski definition) is 3. The topological polar surface area (TPSA) is 110 Å². The summed E-state index contributed by atoms with van der Waals surface area (Å²) < 4.78 is 43.2. The second-order valence-electron chi connectivity index (χ2n) is 12.7. The van der Waals surface area contributed by atoms with Crippen molar-refractivity contribution in [3.05, 3.63) is 36.0 Å². The lowest BCUT2D eigenvalue weighted by Gasteiger charge is -2.46. The van der Waals surface area contributed by atoms with E-state index in [0.29, 0.717) is 22.2 Å². The Bertz CT molecular complexity index is 1370. The van der Waals surface area contributed by atoms with Gasteiger partial charge in [0, 0.05) is 47.9 Å². The lowest BCUT2D eigenvalue weighted by Crippen LogP contribution is -2.58. The van der Waals surface area contributed by atoms with Crippen molar-refractivity contribution in [1.82, 2.24) is 21.2 Å². The average Bonchev–Trinajstić information content (AvgIpc) is 3.37. The van der Waals surface area contributed by atoms with E-state index in [-0.39, 0.29) is 36.4 Å². The number of piperidine rings is 2. The molecule has 1 aliphatic carbocycles. The number of alkyl halides is 3. The van der Waals surface area contributed by atoms with E-state index in [1.54, 1.807) is 23.1 Å². The number of nitrogens with zero attached hydrogens (tertiary/aromatic N) is 3. The van der Waals surface area contributed by atoms with Crippen LogP contribution in [0.2, 0.25) is 0 Å². The van der Waals surface area contributed by atoms with Crippen molar-refractivity contribution >= 4 is 28.4 Å². The molecule has 2 aromatic rings. The van der Waals surface area contributed by atoms with Gasteiger partial charge in [0.15, 0.2) is 0 Å². The molecule has 1 aromatic carbocycles. The Hall–Kier alpha value is -3.39. The Labute approximate surface area is 225 Å². The Morgan fingerprint density at radius 2 is 1.82 bits per heavy atom. The van der Waals surface area contributed by atoms with Gasteiger partial charge in [-0.15, -0.1) is 0 Å². The highest BCUT2D eigenvalue weighted by molar-refractivity contribution is 5.97. The lowest BCUT2D eigenvalue weighted by atomic mass is 9.74. The minimum Gasteiger partial charge on any atom is -0.369 e. The zero-order chi connectivity index (χ0) is 28.4. The Morgan fingerprint density at radius 1 is 1.13 bits per heavy atom. The van der Waals surface area contributed by atoms with E-state index in [9.17, 15) is 28.0 Å². The highest BCUT2D eigenvalue weighted by atomic mass is 19.4. The third-order valence-electron chi connectivity index (χ3n) is 8.57. The van der Waals surface area contributed by atoms with Crippen LogP contribution >= 0.6 is 0 Å². The first kappa shape index (κ1) is 27.2. The van der Waals surface area contributed by atoms with Crippen LogP contribution in [0.4, 0.5) is 18.9 Å². The summed E-state index contributed by atoms with van der Waals surface area (Å²) in [5.41, 5.74) is 1.66. The van der Waals surface area contributed by atoms with Gasteiger partial charge in [-0.2, -0.15) is 18.4 Å². The van der Waals surface area contributed by atoms with Gasteiger partial charge in [-0.1, -0.05) is 0 Å². The number of anilines is 1. The van der Waals surface area contributed by atoms with E-state index >= 15 is 0 Å². The smallest absolute Gasteiger partial charge is 0.369 e. The van der Waals surface area contributed by atoms with Crippen molar-refractivity contribution in [1.29, 1.82) is 5.26 Å². The second kappa shape index (κ2) is 8.81. The van der Waals surface area contributed by atoms with Gasteiger partial charge in [0.25, 0.3) is 0 Å². The number of fused-ring (bicyclic) bond motifs is 2. The Morgan fingerprint density at radius 3 is 2.46 bits per heavy atom. The van der Waals surface area contributed by atoms with Crippen LogP contribution in [-0.4, -0.2) is 47.1 Å². The van der Waals surface area contributed by atoms with E-state index in [1.807, 2.05) is 0 Å². The molecular formula is C28H33F3N6O2. The number of carbonyl (C=O) groups excluding carboxylic acids is 2. The number of hydrazine groups is 1. The van der Waals surface area contributed by atoms with Crippen LogP contribution in [0.3, 0.4) is 0 Å². The van der Waals surface area contributed by atoms with E-state index in [1.165, 1.54) is 12.3 Å². The number of rotatable bonds is 4. The van der Waals surface area contributed by atoms with Gasteiger partial charge in [0.05, 0.1) is 16.5 Å². The van der Waals surface area contributed by atoms with Gasteiger partial charge in [-0.3, -0.25) is 25.4 Å². The molecular weight excluding hydrogens is 509 g/mol. The van der Waals surface area contributed by atoms with E-state index < -0.39 is 35.4 Å². The predicted molar refractivity (Wildman–Crippen MR) is 139 cm³/mol. The van der Waals surface area contributed by atoms with Gasteiger partial charge >= 0.3 is 6.18 Å². The predicted octanol–water partition coefficient (Wildman–Crippen LogP) is 3.96. The van der Waals surface area contributed by atoms with Crippen LogP contribution in [-0.2, 0) is 9.59 Å². The molecule has 2 atom stereocenters. The molecule has 2 amide bonds. The van der Waals surface area contributed by atoms with Crippen LogP contribution in [0.1, 0.15) is 58.9 Å². The number of nitrogens with one attached hydrogen (secondary N) is 3. The van der Waals surface area contributed by atoms with Gasteiger partial charge < -0.3 is 10.2 Å². The molecule has 3 aliphatic rings. The zero-order valence-corrected chi connectivity index (χ0v) is 22.5. The molecule has 0 unspecified atom stereocenters. The molecule has 0 spiro atoms. The maximum Gasteiger partial charge on any atom is 0.397 e. The number of halogens is 3. The molecule has 8 nitrogen and oxygen atoms in total. The Kier molecular flexibility index (Phi) is 6.14. The molecule has 3 fully saturated rings. The third-order valence-corrected chi connectivity index (χ3v) is 8.57. The SMILES string of the molecule is CC1(C)CC(CC(=O)NNC(=O)[C@]23CN(c4ccc(C#N)c5ncccc45)C[C@@]2(C(F)(F)F)C3)CC(C)(C)N1. The fourth-order valence-corrected chi connectivity index (χ4v) is 7.35. The largest absolute Gasteiger partial charge is 0.397 e. The van der Waals surface area contributed by atoms with Gasteiger partial charge in [-0.05, 0) is 77.1 Å². The van der Waals surface area contributed by atoms with Crippen molar-refractivity contribution in [2.75, 3.05) is 18.0 Å². The summed E-state index contributed by atoms with van der Waals surface area (Å²) in [5.74, 6) is -1.19. The van der Waals surface area contributed by atoms with Crippen LogP contribution in [0.25, 0.3) is 10.9 Å². The molecule has 3 N–H and O–H groups in total. The number of carbonyl (C=O) groups is 2. The number of pyridine rings is 1. The van der Waals surface area contributed by atoms with Crippen LogP contribution < -0.4 is 21.1 Å². The summed E-state index contributed by atoms with van der Waals surface area (Å²) >= 11 is 0. The molecule has 208 valence electrons. The Balaban J connectivity index is 1.32. The normalized spacial score (nSPS) is 27.5. The molecule has 1 aromatic heterocycles. The second-order valence-corrected chi connectivity index (χ2v) is 12.7. The summed E-state index contributed by atoms with van der Waals surface area (Å²) in [5, 5.41) is 13.5. The zero-order valence-electron chi connectivity index (χ0n) is 22.5. The molecule has 3 heterocycles. The molecule has 2 saturated heterocycles. The maximum absolute atomic E-state index is 14.4. The van der Waals surface area contributed by atoms with Gasteiger partial charge in [-0.25, -0.2) is 0 Å². The lowest BCUT2D eigenvalue weighted by molar-refractivity contribution is -0.191. The third kappa shape index (κ3) is 4.58. The molecule has 0 bridgehead atoms. The average molecular weight is 543 g/mol. The quantitative estimate of drug-likeness (QED) is 0.505. The molecule has 1 saturated carbocycles. The van der Waals surface area contributed by atoms with Crippen molar-refractivity contribution < 1.29 is 22.8 Å². The molecule has 39 heavy (non-hydrogen) atoms. The van der Waals surface area contributed by atoms with Crippen LogP contribution in [0.15, 0.2) is 30.5 Å². The summed E-state index contributed by atoms with van der Waals surface area (Å²) in [6.45, 7) is 7.73. The van der Waals surface area contributed by atoms with Gasteiger partial charge in [0.2, 0.25) is 11.8 Å². The van der Waals surface area contributed by atoms with Crippen molar-refractivity contribution in [2.24, 2.45) is 16.7 Å². The molecule has 5 rings (SSSR count). The summed E-state index contributed by atoms with van der Waals surface area (Å²) in [6, 6.07) is 8.56. The van der Waals surface area contributed by atoms with Gasteiger partial charge in [0.1, 0.15) is 11.5 Å². The van der Waals surface area contributed by atoms with Crippen molar-refractivity contribution in [3.8, 4) is 6.07 Å². The van der Waals surface area contributed by atoms with E-state index in [4.69, 9.17) is 0 Å². The first-order chi connectivity index (χ1) is 18.1. The summed E-state index contributed by atoms with van der Waals surface area (Å²) in [6.07, 6.45) is -1.74. The first-order valence-corrected chi connectivity index (χ1v) is 13.1. The van der Waals surface area contributed by atoms with E-state index in [2.05, 4.69) is 54.9 Å². The minimum absolute atomic E-state index is 0.0711. The number of benzene rings is 1. The standard InChI is InChI=1S/C28H33F3N6O2/c1-24(2)11-17(12-25(3,4)36-24)10-21(38)34-35-23(39)26-14-27(26,28(29,30)31)16-37(15-26)20-8-7-18(13-32)22-19(20)6-5-9-33-22/h5-9,17,36H,10-12,14-16H2,1-4H3,(H,34,38)(H,35,39)/t26-,27-/m0/s1. The van der Waals surface area contributed by atoms with Crippen molar-refractivity contribution in [2.45, 2.75) is 70.6 Å². The highest BCUT2D eigenvalue weighted by Gasteiger charge is 2.86. The summed E-state index contributed by atoms with van der Waals surface area (Å²) in [4.78, 5) is 31.8. The fraction of sp³-hybridized carbons (Fsp3) is 0.571. The molecule has 2 aliphatic heterocycles. The highest BCUT2D eigenvalue weighted by Crippen LogP contribution is 2.75. The summed E-state index contributed by atoms with van der Waals surface area (Å²) in [7, 11) is 0. The van der Waals surface area contributed by atoms with Crippen LogP contribution in [0.5, 0.6) is 0 Å². The number of nitriles is 1. The fourth-order valence-electron chi connectivity index (χ4n) is 7.35. The first-order valence-electron chi connectivity index (χ1n) is 13.1. The monoisotopic (exact) mass is 542 g/mol. The maximum atomic E-state index is 14.4. The minimum atomic E-state index is -4.62. The molecule has 11 heteroatoms. The van der Waals surface area contributed by atoms with Crippen molar-refractivity contribution in [3.63, 3.8) is 0 Å². The number of amides is 2. The number of aromatic nitrogens is 1. The van der Waals surface area contributed by atoms with Crippen LogP contribution in [0, 0.1) is 28.1 Å².